The Hall–Kier alpha value is -1.50. The van der Waals surface area contributed by atoms with Gasteiger partial charge in [-0.3, -0.25) is 19.6 Å². The molecule has 0 radical (unpaired) electrons. The monoisotopic (exact) mass is 399 g/mol. The summed E-state index contributed by atoms with van der Waals surface area (Å²) < 4.78 is 0. The van der Waals surface area contributed by atoms with Crippen LogP contribution in [0.3, 0.4) is 0 Å². The van der Waals surface area contributed by atoms with Crippen LogP contribution in [-0.2, 0) is 11.3 Å². The topological polar surface area (TPSA) is 51.7 Å². The van der Waals surface area contributed by atoms with Gasteiger partial charge in [-0.1, -0.05) is 6.07 Å². The summed E-state index contributed by atoms with van der Waals surface area (Å²) in [4.78, 5) is 24.5. The summed E-state index contributed by atoms with van der Waals surface area (Å²) in [6.45, 7) is 9.61. The second-order valence-electron chi connectivity index (χ2n) is 9.04. The third kappa shape index (κ3) is 6.00. The van der Waals surface area contributed by atoms with Gasteiger partial charge in [0.2, 0.25) is 5.91 Å². The quantitative estimate of drug-likeness (QED) is 0.760. The fourth-order valence-electron chi connectivity index (χ4n) is 5.23. The summed E-state index contributed by atoms with van der Waals surface area (Å²) in [6, 6.07) is 4.82. The summed E-state index contributed by atoms with van der Waals surface area (Å²) in [5, 5.41) is 3.22. The predicted molar refractivity (Wildman–Crippen MR) is 116 cm³/mol. The van der Waals surface area contributed by atoms with Crippen LogP contribution in [-0.4, -0.2) is 84.0 Å². The maximum atomic E-state index is 12.7. The molecule has 0 unspecified atom stereocenters. The second kappa shape index (κ2) is 10.5. The number of likely N-dealkylation sites (tertiary alicyclic amines) is 3. The average Bonchev–Trinajstić information content (AvgIpc) is 3.29. The highest BCUT2D eigenvalue weighted by Crippen LogP contribution is 2.24. The minimum atomic E-state index is 0.177. The van der Waals surface area contributed by atoms with Gasteiger partial charge in [0.05, 0.1) is 5.92 Å². The molecule has 1 aromatic heterocycles. The van der Waals surface area contributed by atoms with Crippen LogP contribution in [0.1, 0.15) is 44.1 Å². The standard InChI is InChI=1S/C23H37N5O/c29-23(25-10-16-26-11-1-2-12-26)21-6-4-13-28(19-21)22-7-14-27(15-8-22)18-20-5-3-9-24-17-20/h3,5,9,17,21-22H,1-2,4,6-8,10-16,18-19H2,(H,25,29)/t21-/m0/s1. The molecule has 1 N–H and O–H groups in total. The summed E-state index contributed by atoms with van der Waals surface area (Å²) in [6.07, 6.45) is 11.1. The van der Waals surface area contributed by atoms with Gasteiger partial charge in [-0.25, -0.2) is 0 Å². The van der Waals surface area contributed by atoms with Crippen molar-refractivity contribution in [3.63, 3.8) is 0 Å². The Kier molecular flexibility index (Phi) is 7.52. The Balaban J connectivity index is 1.18. The zero-order valence-corrected chi connectivity index (χ0v) is 17.8. The zero-order chi connectivity index (χ0) is 19.9. The van der Waals surface area contributed by atoms with E-state index in [9.17, 15) is 4.79 Å². The van der Waals surface area contributed by atoms with Crippen LogP contribution in [0.5, 0.6) is 0 Å². The maximum absolute atomic E-state index is 12.7. The van der Waals surface area contributed by atoms with Crippen molar-refractivity contribution in [3.8, 4) is 0 Å². The Morgan fingerprint density at radius 1 is 1.03 bits per heavy atom. The largest absolute Gasteiger partial charge is 0.355 e. The van der Waals surface area contributed by atoms with Crippen LogP contribution >= 0.6 is 0 Å². The van der Waals surface area contributed by atoms with Crippen molar-refractivity contribution in [1.82, 2.24) is 25.0 Å². The molecule has 3 saturated heterocycles. The van der Waals surface area contributed by atoms with Crippen LogP contribution in [0.4, 0.5) is 0 Å². The van der Waals surface area contributed by atoms with Gasteiger partial charge in [0.15, 0.2) is 0 Å². The predicted octanol–water partition coefficient (Wildman–Crippen LogP) is 1.97. The molecule has 0 bridgehead atoms. The molecule has 3 aliphatic heterocycles. The number of rotatable bonds is 7. The third-order valence-electron chi connectivity index (χ3n) is 6.95. The highest BCUT2D eigenvalue weighted by Gasteiger charge is 2.31. The molecule has 4 heterocycles. The van der Waals surface area contributed by atoms with Crippen molar-refractivity contribution < 1.29 is 4.79 Å². The Morgan fingerprint density at radius 3 is 2.62 bits per heavy atom. The second-order valence-corrected chi connectivity index (χ2v) is 9.04. The van der Waals surface area contributed by atoms with Crippen molar-refractivity contribution in [2.24, 2.45) is 5.92 Å². The first-order valence-corrected chi connectivity index (χ1v) is 11.6. The summed E-state index contributed by atoms with van der Waals surface area (Å²) in [5.41, 5.74) is 1.30. The molecule has 1 amide bonds. The molecule has 0 spiro atoms. The number of piperidine rings is 2. The lowest BCUT2D eigenvalue weighted by Gasteiger charge is -2.42. The molecule has 4 rings (SSSR count). The van der Waals surface area contributed by atoms with E-state index >= 15 is 0 Å². The van der Waals surface area contributed by atoms with E-state index in [1.807, 2.05) is 18.5 Å². The zero-order valence-electron chi connectivity index (χ0n) is 17.8. The van der Waals surface area contributed by atoms with Crippen LogP contribution < -0.4 is 5.32 Å². The summed E-state index contributed by atoms with van der Waals surface area (Å²) in [7, 11) is 0. The number of carbonyl (C=O) groups is 1. The first-order valence-electron chi connectivity index (χ1n) is 11.6. The van der Waals surface area contributed by atoms with Gasteiger partial charge >= 0.3 is 0 Å². The highest BCUT2D eigenvalue weighted by molar-refractivity contribution is 5.78. The van der Waals surface area contributed by atoms with Crippen molar-refractivity contribution in [1.29, 1.82) is 0 Å². The van der Waals surface area contributed by atoms with E-state index in [1.165, 1.54) is 44.3 Å². The number of nitrogens with one attached hydrogen (secondary N) is 1. The number of hydrogen-bond donors (Lipinski definition) is 1. The van der Waals surface area contributed by atoms with Crippen LogP contribution in [0.25, 0.3) is 0 Å². The van der Waals surface area contributed by atoms with Gasteiger partial charge in [-0.2, -0.15) is 0 Å². The van der Waals surface area contributed by atoms with Crippen LogP contribution in [0.2, 0.25) is 0 Å². The fourth-order valence-corrected chi connectivity index (χ4v) is 5.23. The third-order valence-corrected chi connectivity index (χ3v) is 6.95. The molecule has 0 aromatic carbocycles. The van der Waals surface area contributed by atoms with Crippen LogP contribution in [0.15, 0.2) is 24.5 Å². The number of hydrogen-bond acceptors (Lipinski definition) is 5. The minimum Gasteiger partial charge on any atom is -0.355 e. The van der Waals surface area contributed by atoms with Crippen molar-refractivity contribution >= 4 is 5.91 Å². The SMILES string of the molecule is O=C(NCCN1CCCC1)[C@H]1CCCN(C2CCN(Cc3cccnc3)CC2)C1. The average molecular weight is 400 g/mol. The van der Waals surface area contributed by atoms with Crippen molar-refractivity contribution in [2.45, 2.75) is 51.1 Å². The summed E-state index contributed by atoms with van der Waals surface area (Å²) in [5.74, 6) is 0.457. The van der Waals surface area contributed by atoms with E-state index in [2.05, 4.69) is 31.1 Å². The molecule has 3 fully saturated rings. The lowest BCUT2D eigenvalue weighted by Crippen LogP contribution is -2.51. The Morgan fingerprint density at radius 2 is 1.86 bits per heavy atom. The van der Waals surface area contributed by atoms with Gasteiger partial charge in [-0.05, 0) is 82.9 Å². The normalized spacial score (nSPS) is 25.3. The van der Waals surface area contributed by atoms with Gasteiger partial charge in [0.25, 0.3) is 0 Å². The van der Waals surface area contributed by atoms with Gasteiger partial charge in [0, 0.05) is 44.6 Å². The molecule has 6 heteroatoms. The first-order chi connectivity index (χ1) is 14.3. The molecule has 1 atom stereocenters. The molecular formula is C23H37N5O. The molecule has 160 valence electrons. The van der Waals surface area contributed by atoms with E-state index in [0.29, 0.717) is 6.04 Å². The number of aromatic nitrogens is 1. The molecular weight excluding hydrogens is 362 g/mol. The number of amides is 1. The first kappa shape index (κ1) is 20.8. The molecule has 0 saturated carbocycles. The lowest BCUT2D eigenvalue weighted by molar-refractivity contribution is -0.127. The van der Waals surface area contributed by atoms with Crippen molar-refractivity contribution in [2.75, 3.05) is 52.4 Å². The molecule has 1 aromatic rings. The lowest BCUT2D eigenvalue weighted by atomic mass is 9.93. The molecule has 3 aliphatic rings. The molecule has 29 heavy (non-hydrogen) atoms. The van der Waals surface area contributed by atoms with E-state index in [1.54, 1.807) is 0 Å². The highest BCUT2D eigenvalue weighted by atomic mass is 16.1. The van der Waals surface area contributed by atoms with Gasteiger partial charge < -0.3 is 10.2 Å². The van der Waals surface area contributed by atoms with E-state index in [0.717, 1.165) is 58.7 Å². The number of carbonyl (C=O) groups excluding carboxylic acids is 1. The van der Waals surface area contributed by atoms with Gasteiger partial charge in [-0.15, -0.1) is 0 Å². The fraction of sp³-hybridized carbons (Fsp3) is 0.739. The molecule has 0 aliphatic carbocycles. The van der Waals surface area contributed by atoms with Crippen molar-refractivity contribution in [3.05, 3.63) is 30.1 Å². The van der Waals surface area contributed by atoms with Gasteiger partial charge in [0.1, 0.15) is 0 Å². The van der Waals surface area contributed by atoms with E-state index in [-0.39, 0.29) is 11.8 Å². The Labute approximate surface area is 175 Å². The van der Waals surface area contributed by atoms with E-state index in [4.69, 9.17) is 0 Å². The molecule has 6 nitrogen and oxygen atoms in total. The Bertz CT molecular complexity index is 625. The maximum Gasteiger partial charge on any atom is 0.224 e. The van der Waals surface area contributed by atoms with E-state index < -0.39 is 0 Å². The summed E-state index contributed by atoms with van der Waals surface area (Å²) >= 11 is 0. The number of pyridine rings is 1. The minimum absolute atomic E-state index is 0.177. The van der Waals surface area contributed by atoms with Crippen LogP contribution in [0, 0.1) is 5.92 Å². The smallest absolute Gasteiger partial charge is 0.224 e. The number of nitrogens with zero attached hydrogens (tertiary/aromatic N) is 4.